The summed E-state index contributed by atoms with van der Waals surface area (Å²) >= 11 is 0. The van der Waals surface area contributed by atoms with Gasteiger partial charge in [-0.2, -0.15) is 5.10 Å². The molecule has 3 rings (SSSR count). The van der Waals surface area contributed by atoms with Crippen molar-refractivity contribution in [3.63, 3.8) is 0 Å². The monoisotopic (exact) mass is 363 g/mol. The number of nitrogens with zero attached hydrogens (tertiary/aromatic N) is 2. The molecule has 1 N–H and O–H groups in total. The van der Waals surface area contributed by atoms with Crippen molar-refractivity contribution in [2.75, 3.05) is 6.54 Å². The molecule has 0 aliphatic rings. The standard InChI is InChI=1S/C22H25N3O2/c1-2-3-4-10-15-23-21(26)20-18-13-8-9-14-19(18)22(27)25(24-20)16-17-11-6-5-7-12-17/h5-9,11-14H,2-4,10,15-16H2,1H3,(H,23,26). The first-order valence-corrected chi connectivity index (χ1v) is 9.52. The first-order chi connectivity index (χ1) is 13.2. The minimum atomic E-state index is -0.232. The average Bonchev–Trinajstić information content (AvgIpc) is 2.70. The summed E-state index contributed by atoms with van der Waals surface area (Å²) in [5, 5.41) is 8.46. The number of aromatic nitrogens is 2. The van der Waals surface area contributed by atoms with Gasteiger partial charge in [-0.3, -0.25) is 9.59 Å². The van der Waals surface area contributed by atoms with Crippen LogP contribution in [0, 0.1) is 0 Å². The van der Waals surface area contributed by atoms with Gasteiger partial charge in [0, 0.05) is 11.9 Å². The molecular formula is C22H25N3O2. The normalized spacial score (nSPS) is 10.9. The molecule has 1 amide bonds. The summed E-state index contributed by atoms with van der Waals surface area (Å²) in [7, 11) is 0. The van der Waals surface area contributed by atoms with E-state index >= 15 is 0 Å². The lowest BCUT2D eigenvalue weighted by Gasteiger charge is -2.11. The number of carbonyl (C=O) groups is 1. The number of nitrogens with one attached hydrogen (secondary N) is 1. The highest BCUT2D eigenvalue weighted by atomic mass is 16.2. The largest absolute Gasteiger partial charge is 0.351 e. The zero-order chi connectivity index (χ0) is 19.1. The molecule has 0 saturated carbocycles. The Morgan fingerprint density at radius 3 is 2.41 bits per heavy atom. The molecule has 27 heavy (non-hydrogen) atoms. The van der Waals surface area contributed by atoms with E-state index in [0.29, 0.717) is 29.6 Å². The molecular weight excluding hydrogens is 338 g/mol. The SMILES string of the molecule is CCCCCCNC(=O)c1nn(Cc2ccccc2)c(=O)c2ccccc12. The second-order valence-corrected chi connectivity index (χ2v) is 6.66. The summed E-state index contributed by atoms with van der Waals surface area (Å²) in [6, 6.07) is 16.8. The van der Waals surface area contributed by atoms with Crippen molar-refractivity contribution >= 4 is 16.7 Å². The van der Waals surface area contributed by atoms with E-state index in [0.717, 1.165) is 24.8 Å². The van der Waals surface area contributed by atoms with Crippen LogP contribution in [0.5, 0.6) is 0 Å². The predicted octanol–water partition coefficient (Wildman–Crippen LogP) is 3.75. The highest BCUT2D eigenvalue weighted by molar-refractivity contribution is 6.04. The third-order valence-electron chi connectivity index (χ3n) is 4.57. The quantitative estimate of drug-likeness (QED) is 0.620. The van der Waals surface area contributed by atoms with E-state index in [4.69, 9.17) is 0 Å². The van der Waals surface area contributed by atoms with E-state index < -0.39 is 0 Å². The van der Waals surface area contributed by atoms with Crippen LogP contribution in [-0.2, 0) is 6.54 Å². The van der Waals surface area contributed by atoms with E-state index in [-0.39, 0.29) is 11.5 Å². The molecule has 0 atom stereocenters. The van der Waals surface area contributed by atoms with Crippen LogP contribution in [-0.4, -0.2) is 22.2 Å². The van der Waals surface area contributed by atoms with Crippen LogP contribution >= 0.6 is 0 Å². The molecule has 3 aromatic rings. The Balaban J connectivity index is 1.90. The minimum Gasteiger partial charge on any atom is -0.351 e. The molecule has 0 saturated heterocycles. The van der Waals surface area contributed by atoms with Crippen LogP contribution in [0.4, 0.5) is 0 Å². The van der Waals surface area contributed by atoms with Crippen LogP contribution in [0.25, 0.3) is 10.8 Å². The van der Waals surface area contributed by atoms with Gasteiger partial charge in [0.2, 0.25) is 0 Å². The van der Waals surface area contributed by atoms with Crippen LogP contribution < -0.4 is 10.9 Å². The molecule has 140 valence electrons. The predicted molar refractivity (Wildman–Crippen MR) is 108 cm³/mol. The third kappa shape index (κ3) is 4.61. The number of carbonyl (C=O) groups excluding carboxylic acids is 1. The molecule has 0 bridgehead atoms. The van der Waals surface area contributed by atoms with Gasteiger partial charge < -0.3 is 5.32 Å². The number of hydrogen-bond acceptors (Lipinski definition) is 3. The van der Waals surface area contributed by atoms with Crippen molar-refractivity contribution in [3.8, 4) is 0 Å². The van der Waals surface area contributed by atoms with Gasteiger partial charge in [0.05, 0.1) is 11.9 Å². The van der Waals surface area contributed by atoms with E-state index in [1.165, 1.54) is 11.1 Å². The molecule has 0 aliphatic heterocycles. The summed E-state index contributed by atoms with van der Waals surface area (Å²) in [6.07, 6.45) is 4.36. The van der Waals surface area contributed by atoms with Gasteiger partial charge in [0.25, 0.3) is 11.5 Å². The topological polar surface area (TPSA) is 64.0 Å². The van der Waals surface area contributed by atoms with E-state index in [2.05, 4.69) is 17.3 Å². The van der Waals surface area contributed by atoms with Gasteiger partial charge in [-0.25, -0.2) is 4.68 Å². The second-order valence-electron chi connectivity index (χ2n) is 6.66. The lowest BCUT2D eigenvalue weighted by atomic mass is 10.1. The highest BCUT2D eigenvalue weighted by Crippen LogP contribution is 2.14. The second kappa shape index (κ2) is 9.12. The number of rotatable bonds is 8. The lowest BCUT2D eigenvalue weighted by Crippen LogP contribution is -2.31. The average molecular weight is 363 g/mol. The number of fused-ring (bicyclic) bond motifs is 1. The van der Waals surface area contributed by atoms with Crippen molar-refractivity contribution in [1.29, 1.82) is 0 Å². The Kier molecular flexibility index (Phi) is 6.36. The molecule has 0 spiro atoms. The molecule has 0 aliphatic carbocycles. The Bertz CT molecular complexity index is 964. The fraction of sp³-hybridized carbons (Fsp3) is 0.318. The van der Waals surface area contributed by atoms with Crippen LogP contribution in [0.3, 0.4) is 0 Å². The zero-order valence-corrected chi connectivity index (χ0v) is 15.6. The first kappa shape index (κ1) is 18.8. The summed E-state index contributed by atoms with van der Waals surface area (Å²) in [4.78, 5) is 25.5. The fourth-order valence-corrected chi connectivity index (χ4v) is 3.10. The van der Waals surface area contributed by atoms with Crippen molar-refractivity contribution in [2.45, 2.75) is 39.2 Å². The van der Waals surface area contributed by atoms with Gasteiger partial charge in [0.1, 0.15) is 0 Å². The van der Waals surface area contributed by atoms with Crippen molar-refractivity contribution < 1.29 is 4.79 Å². The molecule has 0 unspecified atom stereocenters. The van der Waals surface area contributed by atoms with E-state index in [9.17, 15) is 9.59 Å². The van der Waals surface area contributed by atoms with Crippen molar-refractivity contribution in [3.05, 3.63) is 76.2 Å². The van der Waals surface area contributed by atoms with E-state index in [1.807, 2.05) is 42.5 Å². The number of hydrogen-bond donors (Lipinski definition) is 1. The molecule has 1 aromatic heterocycles. The first-order valence-electron chi connectivity index (χ1n) is 9.52. The lowest BCUT2D eigenvalue weighted by molar-refractivity contribution is 0.0947. The minimum absolute atomic E-state index is 0.186. The highest BCUT2D eigenvalue weighted by Gasteiger charge is 2.16. The summed E-state index contributed by atoms with van der Waals surface area (Å²) < 4.78 is 1.38. The maximum absolute atomic E-state index is 12.8. The van der Waals surface area contributed by atoms with Gasteiger partial charge in [-0.15, -0.1) is 0 Å². The van der Waals surface area contributed by atoms with Gasteiger partial charge in [-0.1, -0.05) is 74.7 Å². The molecule has 0 fully saturated rings. The molecule has 5 heteroatoms. The molecule has 0 radical (unpaired) electrons. The summed E-state index contributed by atoms with van der Waals surface area (Å²) in [6.45, 7) is 3.11. The van der Waals surface area contributed by atoms with Gasteiger partial charge in [-0.05, 0) is 18.1 Å². The molecule has 5 nitrogen and oxygen atoms in total. The smallest absolute Gasteiger partial charge is 0.274 e. The molecule has 2 aromatic carbocycles. The molecule has 1 heterocycles. The Labute approximate surface area is 159 Å². The Hall–Kier alpha value is -2.95. The van der Waals surface area contributed by atoms with Crippen molar-refractivity contribution in [1.82, 2.24) is 15.1 Å². The van der Waals surface area contributed by atoms with Crippen LogP contribution in [0.2, 0.25) is 0 Å². The van der Waals surface area contributed by atoms with Crippen LogP contribution in [0.1, 0.15) is 48.7 Å². The summed E-state index contributed by atoms with van der Waals surface area (Å²) in [5.74, 6) is -0.232. The maximum Gasteiger partial charge on any atom is 0.274 e. The van der Waals surface area contributed by atoms with Gasteiger partial charge in [0.15, 0.2) is 5.69 Å². The number of benzene rings is 2. The van der Waals surface area contributed by atoms with Gasteiger partial charge >= 0.3 is 0 Å². The fourth-order valence-electron chi connectivity index (χ4n) is 3.10. The van der Waals surface area contributed by atoms with E-state index in [1.54, 1.807) is 12.1 Å². The zero-order valence-electron chi connectivity index (χ0n) is 15.6. The Morgan fingerprint density at radius 1 is 0.963 bits per heavy atom. The summed E-state index contributed by atoms with van der Waals surface area (Å²) in [5.41, 5.74) is 1.08. The van der Waals surface area contributed by atoms with Crippen molar-refractivity contribution in [2.24, 2.45) is 0 Å². The number of amides is 1. The van der Waals surface area contributed by atoms with Crippen LogP contribution in [0.15, 0.2) is 59.4 Å². The third-order valence-corrected chi connectivity index (χ3v) is 4.57. The number of unbranched alkanes of at least 4 members (excludes halogenated alkanes) is 3. The Morgan fingerprint density at radius 2 is 1.67 bits per heavy atom. The maximum atomic E-state index is 12.8.